The zero-order chi connectivity index (χ0) is 25.7. The molecule has 1 N–H and O–H groups in total. The Balaban J connectivity index is 1.45. The molecular weight excluding hydrogens is 490 g/mol. The molecule has 0 aliphatic carbocycles. The van der Waals surface area contributed by atoms with Gasteiger partial charge in [0.1, 0.15) is 6.61 Å². The fraction of sp³-hybridized carbons (Fsp3) is 0.261. The number of ether oxygens (including phenoxy) is 5. The van der Waals surface area contributed by atoms with Gasteiger partial charge < -0.3 is 23.7 Å². The van der Waals surface area contributed by atoms with Gasteiger partial charge in [-0.15, -0.1) is 15.3 Å². The van der Waals surface area contributed by atoms with Crippen molar-refractivity contribution in [3.05, 3.63) is 48.5 Å². The van der Waals surface area contributed by atoms with Gasteiger partial charge in [-0.3, -0.25) is 0 Å². The largest absolute Gasteiger partial charge is 0.493 e. The highest BCUT2D eigenvalue weighted by atomic mass is 32.2. The SMILES string of the molecule is COc1ccc(-c2nnc3ccc(OCCNS(=O)(=O)c4ccc(OC)c(OC)c4)nn23)cc1OC. The second-order valence-corrected chi connectivity index (χ2v) is 9.06. The Morgan fingerprint density at radius 2 is 1.47 bits per heavy atom. The van der Waals surface area contributed by atoms with Crippen LogP contribution in [0, 0.1) is 0 Å². The van der Waals surface area contributed by atoms with E-state index in [1.54, 1.807) is 38.5 Å². The Morgan fingerprint density at radius 3 is 2.17 bits per heavy atom. The molecule has 36 heavy (non-hydrogen) atoms. The molecule has 0 amide bonds. The summed E-state index contributed by atoms with van der Waals surface area (Å²) >= 11 is 0. The van der Waals surface area contributed by atoms with Gasteiger partial charge >= 0.3 is 0 Å². The Labute approximate surface area is 207 Å². The van der Waals surface area contributed by atoms with Crippen LogP contribution >= 0.6 is 0 Å². The van der Waals surface area contributed by atoms with Crippen LogP contribution in [0.15, 0.2) is 53.4 Å². The third-order valence-corrected chi connectivity index (χ3v) is 6.65. The van der Waals surface area contributed by atoms with Gasteiger partial charge in [-0.05, 0) is 36.4 Å². The number of aromatic nitrogens is 4. The quantitative estimate of drug-likeness (QED) is 0.296. The zero-order valence-electron chi connectivity index (χ0n) is 20.1. The maximum Gasteiger partial charge on any atom is 0.240 e. The summed E-state index contributed by atoms with van der Waals surface area (Å²) in [5.41, 5.74) is 1.23. The summed E-state index contributed by atoms with van der Waals surface area (Å²) in [7, 11) is 2.23. The number of benzene rings is 2. The molecule has 0 unspecified atom stereocenters. The molecule has 2 aromatic carbocycles. The first-order chi connectivity index (χ1) is 17.4. The molecule has 2 aromatic heterocycles. The molecule has 190 valence electrons. The number of hydrogen-bond acceptors (Lipinski definition) is 10. The fourth-order valence-electron chi connectivity index (χ4n) is 3.40. The van der Waals surface area contributed by atoms with Gasteiger partial charge in [0.05, 0.1) is 33.3 Å². The van der Waals surface area contributed by atoms with Crippen molar-refractivity contribution in [2.24, 2.45) is 0 Å². The van der Waals surface area contributed by atoms with E-state index in [-0.39, 0.29) is 23.9 Å². The van der Waals surface area contributed by atoms with Crippen LogP contribution in [0.25, 0.3) is 17.0 Å². The molecule has 13 heteroatoms. The van der Waals surface area contributed by atoms with Crippen LogP contribution in [0.4, 0.5) is 0 Å². The highest BCUT2D eigenvalue weighted by molar-refractivity contribution is 7.89. The maximum atomic E-state index is 12.6. The monoisotopic (exact) mass is 515 g/mol. The summed E-state index contributed by atoms with van der Waals surface area (Å²) in [6, 6.07) is 13.0. The minimum atomic E-state index is -3.79. The van der Waals surface area contributed by atoms with E-state index in [0.29, 0.717) is 40.0 Å². The van der Waals surface area contributed by atoms with E-state index in [9.17, 15) is 8.42 Å². The van der Waals surface area contributed by atoms with E-state index in [1.165, 1.54) is 36.9 Å². The first-order valence-electron chi connectivity index (χ1n) is 10.7. The van der Waals surface area contributed by atoms with Gasteiger partial charge in [-0.25, -0.2) is 13.1 Å². The van der Waals surface area contributed by atoms with Crippen LogP contribution in [0.3, 0.4) is 0 Å². The molecule has 0 atom stereocenters. The lowest BCUT2D eigenvalue weighted by Gasteiger charge is -2.11. The zero-order valence-corrected chi connectivity index (χ0v) is 20.9. The molecule has 0 bridgehead atoms. The normalized spacial score (nSPS) is 11.3. The molecule has 0 aliphatic rings. The predicted molar refractivity (Wildman–Crippen MR) is 130 cm³/mol. The highest BCUT2D eigenvalue weighted by Crippen LogP contribution is 2.32. The Kier molecular flexibility index (Phi) is 7.41. The van der Waals surface area contributed by atoms with Gasteiger partial charge in [0.25, 0.3) is 0 Å². The first kappa shape index (κ1) is 25.0. The Bertz CT molecular complexity index is 1470. The molecule has 2 heterocycles. The second kappa shape index (κ2) is 10.7. The summed E-state index contributed by atoms with van der Waals surface area (Å²) < 4.78 is 55.9. The summed E-state index contributed by atoms with van der Waals surface area (Å²) in [5.74, 6) is 2.62. The number of nitrogens with zero attached hydrogens (tertiary/aromatic N) is 4. The summed E-state index contributed by atoms with van der Waals surface area (Å²) in [4.78, 5) is 0.0451. The number of sulfonamides is 1. The van der Waals surface area contributed by atoms with Crippen LogP contribution in [-0.2, 0) is 10.0 Å². The molecule has 0 aliphatic heterocycles. The van der Waals surface area contributed by atoms with E-state index in [2.05, 4.69) is 20.0 Å². The van der Waals surface area contributed by atoms with Crippen molar-refractivity contribution in [1.29, 1.82) is 0 Å². The second-order valence-electron chi connectivity index (χ2n) is 7.30. The van der Waals surface area contributed by atoms with Crippen LogP contribution in [0.5, 0.6) is 28.9 Å². The summed E-state index contributed by atoms with van der Waals surface area (Å²) in [5, 5.41) is 12.8. The predicted octanol–water partition coefficient (Wildman–Crippen LogP) is 2.18. The number of hydrogen-bond donors (Lipinski definition) is 1. The van der Waals surface area contributed by atoms with Crippen molar-refractivity contribution in [3.63, 3.8) is 0 Å². The van der Waals surface area contributed by atoms with Crippen LogP contribution in [0.1, 0.15) is 0 Å². The van der Waals surface area contributed by atoms with Gasteiger partial charge in [-0.1, -0.05) is 0 Å². The molecule has 0 saturated heterocycles. The first-order valence-corrected chi connectivity index (χ1v) is 12.2. The van der Waals surface area contributed by atoms with Crippen LogP contribution in [-0.4, -0.2) is 69.8 Å². The molecule has 0 saturated carbocycles. The van der Waals surface area contributed by atoms with Gasteiger partial charge in [0, 0.05) is 24.2 Å². The van der Waals surface area contributed by atoms with E-state index in [1.807, 2.05) is 6.07 Å². The minimum absolute atomic E-state index is 0.0150. The van der Waals surface area contributed by atoms with Crippen LogP contribution < -0.4 is 28.4 Å². The van der Waals surface area contributed by atoms with Crippen molar-refractivity contribution in [3.8, 4) is 40.3 Å². The van der Waals surface area contributed by atoms with Crippen molar-refractivity contribution < 1.29 is 32.1 Å². The maximum absolute atomic E-state index is 12.6. The lowest BCUT2D eigenvalue weighted by molar-refractivity contribution is 0.306. The molecular formula is C23H25N5O7S. The van der Waals surface area contributed by atoms with E-state index in [4.69, 9.17) is 23.7 Å². The number of nitrogens with one attached hydrogen (secondary N) is 1. The third kappa shape index (κ3) is 5.11. The average molecular weight is 516 g/mol. The van der Waals surface area contributed by atoms with E-state index < -0.39 is 10.0 Å². The standard InChI is InChI=1S/C23H25N5O7S/c1-31-17-7-5-15(13-19(17)33-3)23-26-25-21-9-10-22(27-28(21)23)35-12-11-24-36(29,30)16-6-8-18(32-2)20(14-16)34-4/h5-10,13-14,24H,11-12H2,1-4H3. The fourth-order valence-corrected chi connectivity index (χ4v) is 4.43. The molecule has 0 fully saturated rings. The Hall–Kier alpha value is -4.10. The van der Waals surface area contributed by atoms with Crippen molar-refractivity contribution >= 4 is 15.7 Å². The molecule has 4 aromatic rings. The molecule has 0 spiro atoms. The molecule has 0 radical (unpaired) electrons. The van der Waals surface area contributed by atoms with Crippen molar-refractivity contribution in [2.45, 2.75) is 4.90 Å². The summed E-state index contributed by atoms with van der Waals surface area (Å²) in [6.07, 6.45) is 0. The topological polar surface area (TPSA) is 135 Å². The van der Waals surface area contributed by atoms with Gasteiger partial charge in [0.15, 0.2) is 34.5 Å². The third-order valence-electron chi connectivity index (χ3n) is 5.19. The number of methoxy groups -OCH3 is 4. The van der Waals surface area contributed by atoms with E-state index in [0.717, 1.165) is 0 Å². The minimum Gasteiger partial charge on any atom is -0.493 e. The van der Waals surface area contributed by atoms with Gasteiger partial charge in [-0.2, -0.15) is 4.52 Å². The lowest BCUT2D eigenvalue weighted by Crippen LogP contribution is -2.28. The lowest BCUT2D eigenvalue weighted by atomic mass is 10.2. The molecule has 12 nitrogen and oxygen atoms in total. The van der Waals surface area contributed by atoms with Gasteiger partial charge in [0.2, 0.25) is 15.9 Å². The molecule has 4 rings (SSSR count). The van der Waals surface area contributed by atoms with Crippen LogP contribution in [0.2, 0.25) is 0 Å². The van der Waals surface area contributed by atoms with Crippen molar-refractivity contribution in [1.82, 2.24) is 24.5 Å². The number of rotatable bonds is 11. The highest BCUT2D eigenvalue weighted by Gasteiger charge is 2.17. The number of fused-ring (bicyclic) bond motifs is 1. The van der Waals surface area contributed by atoms with E-state index >= 15 is 0 Å². The summed E-state index contributed by atoms with van der Waals surface area (Å²) in [6.45, 7) is 0.0555. The van der Waals surface area contributed by atoms with Crippen molar-refractivity contribution in [2.75, 3.05) is 41.6 Å². The Morgan fingerprint density at radius 1 is 0.806 bits per heavy atom. The smallest absolute Gasteiger partial charge is 0.240 e. The average Bonchev–Trinajstić information content (AvgIpc) is 3.33.